The van der Waals surface area contributed by atoms with Crippen LogP contribution in [0, 0.1) is 0 Å². The first-order valence-electron chi connectivity index (χ1n) is 6.92. The fourth-order valence-electron chi connectivity index (χ4n) is 2.32. The van der Waals surface area contributed by atoms with Gasteiger partial charge >= 0.3 is 23.9 Å². The zero-order chi connectivity index (χ0) is 17.7. The molecule has 0 N–H and O–H groups in total. The number of carbonyl (C=O) groups excluding carboxylic acids is 4. The first-order chi connectivity index (χ1) is 10.7. The van der Waals surface area contributed by atoms with Crippen LogP contribution in [-0.4, -0.2) is 69.3 Å². The summed E-state index contributed by atoms with van der Waals surface area (Å²) in [5, 5.41) is 0. The SMILES string of the molecule is B[C@H]1OC(C(=O)OC)[C@@H](OC(C)=O)C(OC(C)=O)C1OC(C)=O. The van der Waals surface area contributed by atoms with E-state index in [2.05, 4.69) is 4.74 Å². The fraction of sp³-hybridized carbons (Fsp3) is 0.692. The van der Waals surface area contributed by atoms with Crippen molar-refractivity contribution < 1.29 is 42.9 Å². The van der Waals surface area contributed by atoms with Gasteiger partial charge in [0.05, 0.1) is 13.1 Å². The number of carbonyl (C=O) groups is 4. The second kappa shape index (κ2) is 7.95. The first-order valence-corrected chi connectivity index (χ1v) is 6.92. The second-order valence-corrected chi connectivity index (χ2v) is 5.01. The van der Waals surface area contributed by atoms with E-state index in [1.807, 2.05) is 0 Å². The van der Waals surface area contributed by atoms with Crippen LogP contribution in [0.1, 0.15) is 20.8 Å². The molecule has 0 amide bonds. The molecule has 0 aromatic rings. The molecule has 10 heteroatoms. The molecule has 0 aromatic carbocycles. The lowest BCUT2D eigenvalue weighted by Gasteiger charge is -2.42. The van der Waals surface area contributed by atoms with E-state index < -0.39 is 54.3 Å². The van der Waals surface area contributed by atoms with Crippen LogP contribution in [0.5, 0.6) is 0 Å². The number of methoxy groups -OCH3 is 1. The van der Waals surface area contributed by atoms with Crippen molar-refractivity contribution in [2.45, 2.75) is 51.2 Å². The number of ether oxygens (including phenoxy) is 5. The van der Waals surface area contributed by atoms with E-state index in [1.54, 1.807) is 0 Å². The lowest BCUT2D eigenvalue weighted by molar-refractivity contribution is -0.236. The number of hydrogen-bond acceptors (Lipinski definition) is 9. The molecule has 1 aliphatic rings. The molecule has 0 bridgehead atoms. The molecule has 1 heterocycles. The Morgan fingerprint density at radius 3 is 1.70 bits per heavy atom. The van der Waals surface area contributed by atoms with Gasteiger partial charge in [-0.2, -0.15) is 0 Å². The van der Waals surface area contributed by atoms with Gasteiger partial charge in [0.25, 0.3) is 0 Å². The monoisotopic (exact) mass is 330 g/mol. The van der Waals surface area contributed by atoms with Crippen LogP contribution < -0.4 is 0 Å². The van der Waals surface area contributed by atoms with Crippen LogP contribution >= 0.6 is 0 Å². The van der Waals surface area contributed by atoms with Gasteiger partial charge in [0.1, 0.15) is 7.85 Å². The van der Waals surface area contributed by atoms with E-state index in [0.717, 1.165) is 21.0 Å². The maximum absolute atomic E-state index is 11.9. The summed E-state index contributed by atoms with van der Waals surface area (Å²) in [5.74, 6) is -2.86. The summed E-state index contributed by atoms with van der Waals surface area (Å²) in [6.07, 6.45) is -4.85. The molecule has 1 rings (SSSR count). The molecule has 1 fully saturated rings. The molecule has 9 nitrogen and oxygen atoms in total. The molecule has 0 radical (unpaired) electrons. The second-order valence-electron chi connectivity index (χ2n) is 5.01. The molecule has 3 unspecified atom stereocenters. The van der Waals surface area contributed by atoms with Crippen LogP contribution in [0.15, 0.2) is 0 Å². The molecule has 5 atom stereocenters. The van der Waals surface area contributed by atoms with E-state index >= 15 is 0 Å². The van der Waals surface area contributed by atoms with E-state index in [-0.39, 0.29) is 0 Å². The minimum Gasteiger partial charge on any atom is -0.467 e. The van der Waals surface area contributed by atoms with Crippen LogP contribution in [-0.2, 0) is 42.9 Å². The Balaban J connectivity index is 3.21. The molecule has 0 aliphatic carbocycles. The van der Waals surface area contributed by atoms with E-state index in [4.69, 9.17) is 18.9 Å². The van der Waals surface area contributed by atoms with Gasteiger partial charge in [0.15, 0.2) is 24.4 Å². The van der Waals surface area contributed by atoms with Gasteiger partial charge in [0.2, 0.25) is 0 Å². The Hall–Kier alpha value is -2.10. The predicted molar refractivity (Wildman–Crippen MR) is 75.9 cm³/mol. The highest BCUT2D eigenvalue weighted by Crippen LogP contribution is 2.28. The Kier molecular flexibility index (Phi) is 6.55. The summed E-state index contributed by atoms with van der Waals surface area (Å²) < 4.78 is 25.4. The topological polar surface area (TPSA) is 114 Å². The largest absolute Gasteiger partial charge is 0.467 e. The molecule has 0 aromatic heterocycles. The molecule has 1 saturated heterocycles. The van der Waals surface area contributed by atoms with Gasteiger partial charge < -0.3 is 23.7 Å². The molecular weight excluding hydrogens is 311 g/mol. The Bertz CT molecular complexity index is 492. The van der Waals surface area contributed by atoms with Crippen LogP contribution in [0.2, 0.25) is 0 Å². The van der Waals surface area contributed by atoms with Crippen molar-refractivity contribution in [1.29, 1.82) is 0 Å². The van der Waals surface area contributed by atoms with Gasteiger partial charge in [-0.1, -0.05) is 0 Å². The third-order valence-electron chi connectivity index (χ3n) is 3.11. The summed E-state index contributed by atoms with van der Waals surface area (Å²) in [6.45, 7) is 3.44. The van der Waals surface area contributed by atoms with E-state index in [9.17, 15) is 19.2 Å². The fourth-order valence-corrected chi connectivity index (χ4v) is 2.32. The Labute approximate surface area is 133 Å². The van der Waals surface area contributed by atoms with Crippen LogP contribution in [0.3, 0.4) is 0 Å². The van der Waals surface area contributed by atoms with Gasteiger partial charge in [-0.05, 0) is 0 Å². The zero-order valence-electron chi connectivity index (χ0n) is 13.6. The average Bonchev–Trinajstić information content (AvgIpc) is 2.43. The van der Waals surface area contributed by atoms with Crippen LogP contribution in [0.25, 0.3) is 0 Å². The zero-order valence-corrected chi connectivity index (χ0v) is 13.6. The van der Waals surface area contributed by atoms with Gasteiger partial charge in [0, 0.05) is 20.8 Å². The standard InChI is InChI=1S/C13H19BO9/c1-5(15)20-8-9(21-6(2)16)11(13(18)19-4)23-12(14)10(8)22-7(3)17/h8-12H,14H2,1-4H3/t8?,9-,10?,11?,12-/m0/s1. The van der Waals surface area contributed by atoms with Crippen molar-refractivity contribution in [2.24, 2.45) is 0 Å². The van der Waals surface area contributed by atoms with E-state index in [1.165, 1.54) is 14.8 Å². The maximum Gasteiger partial charge on any atom is 0.339 e. The van der Waals surface area contributed by atoms with Gasteiger partial charge in [-0.15, -0.1) is 0 Å². The lowest BCUT2D eigenvalue weighted by Crippen LogP contribution is -2.63. The summed E-state index contributed by atoms with van der Waals surface area (Å²) in [6, 6.07) is -0.792. The van der Waals surface area contributed by atoms with Crippen molar-refractivity contribution in [2.75, 3.05) is 7.11 Å². The number of esters is 4. The first kappa shape index (κ1) is 19.0. The predicted octanol–water partition coefficient (Wildman–Crippen LogP) is -1.69. The minimum atomic E-state index is -1.31. The summed E-state index contributed by atoms with van der Waals surface area (Å²) >= 11 is 0. The third kappa shape index (κ3) is 4.95. The molecule has 23 heavy (non-hydrogen) atoms. The van der Waals surface area contributed by atoms with Crippen molar-refractivity contribution in [3.05, 3.63) is 0 Å². The Morgan fingerprint density at radius 2 is 1.26 bits per heavy atom. The normalized spacial score (nSPS) is 30.0. The lowest BCUT2D eigenvalue weighted by atomic mass is 9.84. The van der Waals surface area contributed by atoms with Crippen molar-refractivity contribution in [3.63, 3.8) is 0 Å². The van der Waals surface area contributed by atoms with Gasteiger partial charge in [-0.25, -0.2) is 4.79 Å². The molecule has 1 aliphatic heterocycles. The van der Waals surface area contributed by atoms with E-state index in [0.29, 0.717) is 0 Å². The molecule has 0 spiro atoms. The summed E-state index contributed by atoms with van der Waals surface area (Å²) in [4.78, 5) is 45.8. The Morgan fingerprint density at radius 1 is 0.826 bits per heavy atom. The number of hydrogen-bond donors (Lipinski definition) is 0. The number of rotatable bonds is 4. The highest BCUT2D eigenvalue weighted by atomic mass is 16.7. The molecular formula is C13H19BO9. The quantitative estimate of drug-likeness (QED) is 0.338. The summed E-state index contributed by atoms with van der Waals surface area (Å²) in [7, 11) is 2.67. The molecule has 0 saturated carbocycles. The highest BCUT2D eigenvalue weighted by molar-refractivity contribution is 6.11. The maximum atomic E-state index is 11.9. The van der Waals surface area contributed by atoms with Crippen molar-refractivity contribution >= 4 is 31.7 Å². The third-order valence-corrected chi connectivity index (χ3v) is 3.11. The highest BCUT2D eigenvalue weighted by Gasteiger charge is 2.53. The molecule has 128 valence electrons. The van der Waals surface area contributed by atoms with Gasteiger partial charge in [-0.3, -0.25) is 14.4 Å². The van der Waals surface area contributed by atoms with Crippen LogP contribution in [0.4, 0.5) is 0 Å². The minimum absolute atomic E-state index is 0.638. The van der Waals surface area contributed by atoms with Crippen molar-refractivity contribution in [1.82, 2.24) is 0 Å². The summed E-state index contributed by atoms with van der Waals surface area (Å²) in [5.41, 5.74) is 0. The van der Waals surface area contributed by atoms with Crippen molar-refractivity contribution in [3.8, 4) is 0 Å². The smallest absolute Gasteiger partial charge is 0.339 e. The average molecular weight is 330 g/mol.